The molecule has 8 nitrogen and oxygen atoms in total. The van der Waals surface area contributed by atoms with Crippen molar-refractivity contribution < 1.29 is 24.2 Å². The monoisotopic (exact) mass is 679 g/mol. The SMILES string of the molecule is C=CCN(C(=O)[C@H]1[C@H]2C(=O)N(CCCCCO)C(C(=O)N(CC=C)c3c(C)cccc3Cl)C23CC[C@]1(C)S3)c1ccc(OCC)cc1. The quantitative estimate of drug-likeness (QED) is 0.172. The van der Waals surface area contributed by atoms with Crippen LogP contribution in [-0.4, -0.2) is 76.1 Å². The van der Waals surface area contributed by atoms with E-state index in [4.69, 9.17) is 16.3 Å². The van der Waals surface area contributed by atoms with E-state index in [2.05, 4.69) is 20.1 Å². The van der Waals surface area contributed by atoms with Crippen molar-refractivity contribution in [2.75, 3.05) is 42.6 Å². The fourth-order valence-electron chi connectivity index (χ4n) is 7.93. The molecule has 5 rings (SSSR count). The molecule has 0 aromatic heterocycles. The second kappa shape index (κ2) is 14.5. The van der Waals surface area contributed by atoms with Crippen molar-refractivity contribution in [1.29, 1.82) is 0 Å². The van der Waals surface area contributed by atoms with Gasteiger partial charge in [0, 0.05) is 36.7 Å². The van der Waals surface area contributed by atoms with Gasteiger partial charge >= 0.3 is 0 Å². The normalized spacial score (nSPS) is 25.9. The Morgan fingerprint density at radius 2 is 1.77 bits per heavy atom. The smallest absolute Gasteiger partial charge is 0.251 e. The minimum Gasteiger partial charge on any atom is -0.494 e. The number of thioether (sulfide) groups is 1. The van der Waals surface area contributed by atoms with Gasteiger partial charge < -0.3 is 24.5 Å². The number of hydrogen-bond donors (Lipinski definition) is 1. The van der Waals surface area contributed by atoms with Crippen LogP contribution in [0, 0.1) is 18.8 Å². The lowest BCUT2D eigenvalue weighted by Crippen LogP contribution is -2.55. The first-order valence-electron chi connectivity index (χ1n) is 16.5. The Balaban J connectivity index is 1.57. The van der Waals surface area contributed by atoms with Gasteiger partial charge in [0.1, 0.15) is 11.8 Å². The van der Waals surface area contributed by atoms with Crippen LogP contribution in [0.1, 0.15) is 51.5 Å². The number of aryl methyl sites for hydroxylation is 1. The molecule has 0 saturated carbocycles. The first-order chi connectivity index (χ1) is 22.6. The summed E-state index contributed by atoms with van der Waals surface area (Å²) in [6.07, 6.45) is 6.70. The molecule has 3 amide bonds. The molecule has 3 fully saturated rings. The van der Waals surface area contributed by atoms with Gasteiger partial charge in [0.15, 0.2) is 0 Å². The molecular formula is C37H46ClN3O5S. The zero-order valence-electron chi connectivity index (χ0n) is 27.6. The number of ether oxygens (including phenoxy) is 1. The molecule has 1 spiro atoms. The number of rotatable bonds is 15. The number of likely N-dealkylation sites (tertiary alicyclic amines) is 1. The van der Waals surface area contributed by atoms with Crippen LogP contribution in [0.2, 0.25) is 5.02 Å². The van der Waals surface area contributed by atoms with Gasteiger partial charge in [0.2, 0.25) is 11.8 Å². The molecule has 3 saturated heterocycles. The number of anilines is 2. The van der Waals surface area contributed by atoms with E-state index in [9.17, 15) is 19.5 Å². The van der Waals surface area contributed by atoms with Crippen molar-refractivity contribution in [3.05, 3.63) is 78.4 Å². The number of amides is 3. The molecule has 1 N–H and O–H groups in total. The van der Waals surface area contributed by atoms with E-state index in [1.807, 2.05) is 50.2 Å². The van der Waals surface area contributed by atoms with Gasteiger partial charge in [-0.1, -0.05) is 35.9 Å². The summed E-state index contributed by atoms with van der Waals surface area (Å²) < 4.78 is 4.30. The zero-order chi connectivity index (χ0) is 33.9. The average molecular weight is 680 g/mol. The lowest BCUT2D eigenvalue weighted by atomic mass is 9.66. The number of para-hydroxylation sites is 1. The van der Waals surface area contributed by atoms with E-state index in [0.717, 1.165) is 12.0 Å². The van der Waals surface area contributed by atoms with Crippen LogP contribution in [0.5, 0.6) is 5.75 Å². The summed E-state index contributed by atoms with van der Waals surface area (Å²) in [5.74, 6) is -1.08. The van der Waals surface area contributed by atoms with Crippen LogP contribution in [0.25, 0.3) is 0 Å². The molecule has 3 heterocycles. The van der Waals surface area contributed by atoms with Gasteiger partial charge in [-0.05, 0) is 88.8 Å². The molecule has 3 aliphatic heterocycles. The van der Waals surface area contributed by atoms with E-state index >= 15 is 0 Å². The number of carbonyl (C=O) groups excluding carboxylic acids is 3. The number of aliphatic hydroxyl groups excluding tert-OH is 1. The fraction of sp³-hybridized carbons (Fsp3) is 0.486. The molecule has 10 heteroatoms. The first-order valence-corrected chi connectivity index (χ1v) is 17.7. The number of fused-ring (bicyclic) bond motifs is 1. The van der Waals surface area contributed by atoms with Crippen LogP contribution in [0.3, 0.4) is 0 Å². The molecule has 252 valence electrons. The van der Waals surface area contributed by atoms with Gasteiger partial charge in [-0.15, -0.1) is 24.9 Å². The first kappa shape index (κ1) is 35.0. The standard InChI is InChI=1S/C37H46ClN3O5S/c1-6-21-39(26-15-17-27(18-16-26)46-8-3)33(43)29-30-34(44)41(23-10-9-11-24-42)32(37(30)20-19-36(29,5)47-37)35(45)40(22-7-2)31-25(4)13-12-14-28(31)38/h6-7,12-18,29-30,32,42H,1-2,8-11,19-24H2,3-5H3/t29-,30+,32?,36+,37?/m1/s1. The Morgan fingerprint density at radius 3 is 2.40 bits per heavy atom. The topological polar surface area (TPSA) is 90.4 Å². The van der Waals surface area contributed by atoms with Crippen molar-refractivity contribution in [2.24, 2.45) is 11.8 Å². The third kappa shape index (κ3) is 6.22. The summed E-state index contributed by atoms with van der Waals surface area (Å²) in [5.41, 5.74) is 2.16. The van der Waals surface area contributed by atoms with E-state index in [1.165, 1.54) is 0 Å². The Hall–Kier alpha value is -3.27. The number of aliphatic hydroxyl groups is 1. The third-order valence-electron chi connectivity index (χ3n) is 9.91. The lowest BCUT2D eigenvalue weighted by Gasteiger charge is -2.38. The molecule has 2 unspecified atom stereocenters. The maximum atomic E-state index is 15.0. The minimum absolute atomic E-state index is 0.0667. The summed E-state index contributed by atoms with van der Waals surface area (Å²) in [7, 11) is 0. The van der Waals surface area contributed by atoms with Crippen molar-refractivity contribution in [3.63, 3.8) is 0 Å². The van der Waals surface area contributed by atoms with Gasteiger partial charge in [-0.2, -0.15) is 0 Å². The number of hydrogen-bond acceptors (Lipinski definition) is 6. The van der Waals surface area contributed by atoms with Crippen molar-refractivity contribution >= 4 is 52.5 Å². The van der Waals surface area contributed by atoms with Gasteiger partial charge in [-0.25, -0.2) is 0 Å². The molecule has 47 heavy (non-hydrogen) atoms. The van der Waals surface area contributed by atoms with Gasteiger partial charge in [0.05, 0.1) is 33.9 Å². The highest BCUT2D eigenvalue weighted by molar-refractivity contribution is 8.02. The Kier molecular flexibility index (Phi) is 10.8. The third-order valence-corrected chi connectivity index (χ3v) is 12.2. The minimum atomic E-state index is -0.785. The molecule has 2 bridgehead atoms. The van der Waals surface area contributed by atoms with Crippen LogP contribution in [-0.2, 0) is 14.4 Å². The Labute approximate surface area is 287 Å². The molecule has 2 aromatic carbocycles. The number of carbonyl (C=O) groups is 3. The number of halogens is 1. The zero-order valence-corrected chi connectivity index (χ0v) is 29.2. The maximum absolute atomic E-state index is 15.0. The van der Waals surface area contributed by atoms with Crippen LogP contribution in [0.15, 0.2) is 67.8 Å². The van der Waals surface area contributed by atoms with E-state index in [0.29, 0.717) is 61.0 Å². The lowest BCUT2D eigenvalue weighted by molar-refractivity contribution is -0.139. The fourth-order valence-corrected chi connectivity index (χ4v) is 10.6. The summed E-state index contributed by atoms with van der Waals surface area (Å²) in [5, 5.41) is 9.86. The predicted molar refractivity (Wildman–Crippen MR) is 190 cm³/mol. The predicted octanol–water partition coefficient (Wildman–Crippen LogP) is 6.43. The van der Waals surface area contributed by atoms with Crippen molar-refractivity contribution in [3.8, 4) is 5.75 Å². The summed E-state index contributed by atoms with van der Waals surface area (Å²) in [6, 6.07) is 12.2. The van der Waals surface area contributed by atoms with Gasteiger partial charge in [0.25, 0.3) is 5.91 Å². The van der Waals surface area contributed by atoms with Crippen LogP contribution >= 0.6 is 23.4 Å². The van der Waals surface area contributed by atoms with Crippen LogP contribution in [0.4, 0.5) is 11.4 Å². The number of unbranched alkanes of at least 4 members (excludes halogenated alkanes) is 2. The maximum Gasteiger partial charge on any atom is 0.251 e. The van der Waals surface area contributed by atoms with E-state index in [1.54, 1.807) is 44.7 Å². The average Bonchev–Trinajstić information content (AvgIpc) is 3.62. The van der Waals surface area contributed by atoms with Gasteiger partial charge in [-0.3, -0.25) is 14.4 Å². The summed E-state index contributed by atoms with van der Waals surface area (Å²) >= 11 is 8.37. The largest absolute Gasteiger partial charge is 0.494 e. The second-order valence-corrected chi connectivity index (χ2v) is 15.2. The second-order valence-electron chi connectivity index (χ2n) is 12.9. The molecule has 0 radical (unpaired) electrons. The molecule has 2 aromatic rings. The number of benzene rings is 2. The van der Waals surface area contributed by atoms with E-state index in [-0.39, 0.29) is 37.4 Å². The van der Waals surface area contributed by atoms with E-state index < -0.39 is 27.4 Å². The molecule has 0 aliphatic carbocycles. The summed E-state index contributed by atoms with van der Waals surface area (Å²) in [6.45, 7) is 15.2. The van der Waals surface area contributed by atoms with Crippen LogP contribution < -0.4 is 14.5 Å². The molecule has 5 atom stereocenters. The number of nitrogens with zero attached hydrogens (tertiary/aromatic N) is 3. The summed E-state index contributed by atoms with van der Waals surface area (Å²) in [4.78, 5) is 49.6. The highest BCUT2D eigenvalue weighted by Crippen LogP contribution is 2.71. The van der Waals surface area contributed by atoms with Crippen molar-refractivity contribution in [2.45, 2.75) is 68.4 Å². The molecular weight excluding hydrogens is 634 g/mol. The van der Waals surface area contributed by atoms with Crippen molar-refractivity contribution in [1.82, 2.24) is 4.90 Å². The molecule has 3 aliphatic rings. The Morgan fingerprint density at radius 1 is 1.06 bits per heavy atom. The Bertz CT molecular complexity index is 1500. The highest BCUT2D eigenvalue weighted by atomic mass is 35.5. The highest BCUT2D eigenvalue weighted by Gasteiger charge is 2.77.